The molecule has 0 saturated carbocycles. The van der Waals surface area contributed by atoms with E-state index in [1.165, 1.54) is 12.8 Å². The van der Waals surface area contributed by atoms with E-state index in [0.717, 1.165) is 79.3 Å². The van der Waals surface area contributed by atoms with Gasteiger partial charge in [0.2, 0.25) is 11.9 Å². The molecule has 0 N–H and O–H groups in total. The van der Waals surface area contributed by atoms with Crippen LogP contribution in [0.2, 0.25) is 0 Å². The summed E-state index contributed by atoms with van der Waals surface area (Å²) in [5.41, 5.74) is 3.90. The molecule has 3 aromatic heterocycles. The van der Waals surface area contributed by atoms with Crippen LogP contribution in [0.4, 0.5) is 11.9 Å². The molecule has 5 rings (SSSR count). The van der Waals surface area contributed by atoms with Crippen molar-refractivity contribution in [1.29, 1.82) is 0 Å². The molecule has 5 heterocycles. The Balaban J connectivity index is 1.42. The van der Waals surface area contributed by atoms with Crippen LogP contribution in [0.1, 0.15) is 55.6 Å². The van der Waals surface area contributed by atoms with E-state index >= 15 is 0 Å². The topological polar surface area (TPSA) is 84.1 Å². The lowest BCUT2D eigenvalue weighted by atomic mass is 9.90. The van der Waals surface area contributed by atoms with Crippen LogP contribution >= 0.6 is 0 Å². The number of nitrogens with zero attached hydrogens (tertiary/aromatic N) is 7. The highest BCUT2D eigenvalue weighted by Gasteiger charge is 2.28. The van der Waals surface area contributed by atoms with Crippen LogP contribution in [0.5, 0.6) is 0 Å². The lowest BCUT2D eigenvalue weighted by Crippen LogP contribution is -2.36. The van der Waals surface area contributed by atoms with Gasteiger partial charge in [-0.1, -0.05) is 12.1 Å². The first-order valence-electron chi connectivity index (χ1n) is 11.7. The summed E-state index contributed by atoms with van der Waals surface area (Å²) in [7, 11) is 0. The van der Waals surface area contributed by atoms with Gasteiger partial charge in [0.15, 0.2) is 5.76 Å². The molecule has 2 aliphatic rings. The van der Waals surface area contributed by atoms with Crippen molar-refractivity contribution in [3.63, 3.8) is 0 Å². The lowest BCUT2D eigenvalue weighted by Gasteiger charge is -2.34. The van der Waals surface area contributed by atoms with Crippen LogP contribution in [-0.4, -0.2) is 51.3 Å². The highest BCUT2D eigenvalue weighted by Crippen LogP contribution is 2.36. The van der Waals surface area contributed by atoms with E-state index in [0.29, 0.717) is 11.8 Å². The lowest BCUT2D eigenvalue weighted by molar-refractivity contribution is 0.423. The first-order chi connectivity index (χ1) is 15.6. The molecule has 8 nitrogen and oxygen atoms in total. The normalized spacial score (nSPS) is 20.0. The zero-order chi connectivity index (χ0) is 22.1. The molecule has 2 saturated heterocycles. The third kappa shape index (κ3) is 4.31. The van der Waals surface area contributed by atoms with Gasteiger partial charge in [-0.3, -0.25) is 0 Å². The Bertz CT molecular complexity index is 1070. The summed E-state index contributed by atoms with van der Waals surface area (Å²) >= 11 is 0. The fourth-order valence-electron chi connectivity index (χ4n) is 4.84. The molecule has 8 heteroatoms. The highest BCUT2D eigenvalue weighted by molar-refractivity contribution is 5.61. The fourth-order valence-corrected chi connectivity index (χ4v) is 4.84. The molecule has 1 atom stereocenters. The highest BCUT2D eigenvalue weighted by atomic mass is 16.5. The smallest absolute Gasteiger partial charge is 0.225 e. The molecule has 168 valence electrons. The van der Waals surface area contributed by atoms with Crippen molar-refractivity contribution in [2.75, 3.05) is 36.0 Å². The molecule has 0 aliphatic carbocycles. The third-order valence-corrected chi connectivity index (χ3v) is 6.59. The van der Waals surface area contributed by atoms with Crippen molar-refractivity contribution in [3.8, 4) is 11.3 Å². The van der Waals surface area contributed by atoms with E-state index in [1.807, 2.05) is 38.4 Å². The molecular weight excluding hydrogens is 402 g/mol. The zero-order valence-corrected chi connectivity index (χ0v) is 19.2. The Labute approximate surface area is 189 Å². The average Bonchev–Trinajstić information content (AvgIpc) is 3.25. The molecule has 0 aromatic carbocycles. The molecule has 3 aromatic rings. The van der Waals surface area contributed by atoms with Gasteiger partial charge >= 0.3 is 0 Å². The largest absolute Gasteiger partial charge is 0.356 e. The minimum atomic E-state index is 0.334. The second-order valence-electron chi connectivity index (χ2n) is 9.25. The van der Waals surface area contributed by atoms with Gasteiger partial charge in [-0.2, -0.15) is 0 Å². The minimum Gasteiger partial charge on any atom is -0.356 e. The minimum absolute atomic E-state index is 0.334. The summed E-state index contributed by atoms with van der Waals surface area (Å²) in [5.74, 6) is 3.42. The first kappa shape index (κ1) is 20.8. The predicted molar refractivity (Wildman–Crippen MR) is 124 cm³/mol. The van der Waals surface area contributed by atoms with E-state index in [2.05, 4.69) is 31.8 Å². The summed E-state index contributed by atoms with van der Waals surface area (Å²) in [6, 6.07) is 3.91. The van der Waals surface area contributed by atoms with E-state index in [4.69, 9.17) is 14.5 Å². The van der Waals surface area contributed by atoms with Crippen LogP contribution in [-0.2, 0) is 0 Å². The average molecular weight is 434 g/mol. The van der Waals surface area contributed by atoms with Crippen LogP contribution in [0.15, 0.2) is 29.0 Å². The van der Waals surface area contributed by atoms with E-state index in [9.17, 15) is 0 Å². The third-order valence-electron chi connectivity index (χ3n) is 6.59. The van der Waals surface area contributed by atoms with Crippen molar-refractivity contribution < 1.29 is 4.52 Å². The molecule has 32 heavy (non-hydrogen) atoms. The van der Waals surface area contributed by atoms with E-state index < -0.39 is 0 Å². The van der Waals surface area contributed by atoms with Gasteiger partial charge in [0.25, 0.3) is 0 Å². The van der Waals surface area contributed by atoms with Gasteiger partial charge in [-0.25, -0.2) is 19.9 Å². The maximum atomic E-state index is 5.61. The van der Waals surface area contributed by atoms with Gasteiger partial charge in [-0.15, -0.1) is 0 Å². The Kier molecular flexibility index (Phi) is 5.76. The number of piperidine rings is 2. The monoisotopic (exact) mass is 433 g/mol. The fraction of sp³-hybridized carbons (Fsp3) is 0.542. The van der Waals surface area contributed by atoms with Crippen LogP contribution < -0.4 is 9.80 Å². The van der Waals surface area contributed by atoms with Crippen LogP contribution in [0.25, 0.3) is 11.3 Å². The molecule has 0 spiro atoms. The number of aryl methyl sites for hydroxylation is 2. The molecule has 1 unspecified atom stereocenters. The zero-order valence-electron chi connectivity index (χ0n) is 19.2. The van der Waals surface area contributed by atoms with Gasteiger partial charge < -0.3 is 14.3 Å². The summed E-state index contributed by atoms with van der Waals surface area (Å²) in [6.45, 7) is 10.1. The summed E-state index contributed by atoms with van der Waals surface area (Å²) < 4.78 is 5.61. The number of hydrogen-bond donors (Lipinski definition) is 0. The van der Waals surface area contributed by atoms with Crippen molar-refractivity contribution in [2.45, 2.75) is 52.4 Å². The van der Waals surface area contributed by atoms with E-state index in [-0.39, 0.29) is 0 Å². The van der Waals surface area contributed by atoms with Gasteiger partial charge in [0, 0.05) is 56.3 Å². The van der Waals surface area contributed by atoms with Gasteiger partial charge in [0.1, 0.15) is 0 Å². The summed E-state index contributed by atoms with van der Waals surface area (Å²) in [6.07, 6.45) is 8.22. The predicted octanol–water partition coefficient (Wildman–Crippen LogP) is 4.16. The maximum absolute atomic E-state index is 5.61. The number of anilines is 2. The number of hydrogen-bond acceptors (Lipinski definition) is 8. The summed E-state index contributed by atoms with van der Waals surface area (Å²) in [5, 5.41) is 4.10. The number of aromatic nitrogens is 5. The van der Waals surface area contributed by atoms with Gasteiger partial charge in [-0.05, 0) is 51.5 Å². The Morgan fingerprint density at radius 3 is 2.47 bits per heavy atom. The van der Waals surface area contributed by atoms with Gasteiger partial charge in [0.05, 0.1) is 17.0 Å². The quantitative estimate of drug-likeness (QED) is 0.606. The summed E-state index contributed by atoms with van der Waals surface area (Å²) in [4.78, 5) is 23.6. The Morgan fingerprint density at radius 1 is 0.938 bits per heavy atom. The van der Waals surface area contributed by atoms with E-state index in [1.54, 1.807) is 0 Å². The standard InChI is InChI=1S/C24H31N7O/c1-16-5-4-10-31(15-16)24-26-14-20(21-13-18(3)29-32-21)22(28-24)19-7-11-30(12-8-19)23-25-9-6-17(2)27-23/h6,9,13-14,16,19H,4-5,7-8,10-12,15H2,1-3H3. The Hall–Kier alpha value is -3.03. The number of rotatable bonds is 4. The van der Waals surface area contributed by atoms with Crippen LogP contribution in [0, 0.1) is 19.8 Å². The molecule has 0 bridgehead atoms. The molecule has 0 radical (unpaired) electrons. The molecule has 2 fully saturated rings. The second kappa shape index (κ2) is 8.84. The van der Waals surface area contributed by atoms with Crippen molar-refractivity contribution >= 4 is 11.9 Å². The second-order valence-corrected chi connectivity index (χ2v) is 9.25. The molecular formula is C24H31N7O. The molecule has 0 amide bonds. The van der Waals surface area contributed by atoms with Crippen molar-refractivity contribution in [1.82, 2.24) is 25.1 Å². The van der Waals surface area contributed by atoms with Crippen molar-refractivity contribution in [3.05, 3.63) is 41.6 Å². The SMILES string of the molecule is Cc1cc(-c2cnc(N3CCCC(C)C3)nc2C2CCN(c3nccc(C)n3)CC2)on1. The first-order valence-corrected chi connectivity index (χ1v) is 11.7. The van der Waals surface area contributed by atoms with Crippen molar-refractivity contribution in [2.24, 2.45) is 5.92 Å². The molecule has 2 aliphatic heterocycles. The van der Waals surface area contributed by atoms with Crippen LogP contribution in [0.3, 0.4) is 0 Å². The maximum Gasteiger partial charge on any atom is 0.225 e. The Morgan fingerprint density at radius 2 is 1.75 bits per heavy atom.